The summed E-state index contributed by atoms with van der Waals surface area (Å²) >= 11 is 0. The second-order valence-electron chi connectivity index (χ2n) is 5.03. The smallest absolute Gasteiger partial charge is 0.257 e. The average molecular weight is 296 g/mol. The minimum Gasteiger partial charge on any atom is -0.380 e. The Labute approximate surface area is 130 Å². The van der Waals surface area contributed by atoms with E-state index in [2.05, 4.69) is 22.2 Å². The van der Waals surface area contributed by atoms with E-state index in [0.717, 1.165) is 17.1 Å². The molecule has 0 saturated carbocycles. The number of rotatable bonds is 6. The van der Waals surface area contributed by atoms with Crippen LogP contribution < -0.4 is 15.5 Å². The summed E-state index contributed by atoms with van der Waals surface area (Å²) in [5.41, 5.74) is 3.12. The number of carbonyl (C=O) groups excluding carboxylic acids is 1. The molecule has 0 atom stereocenters. The number of carbonyl (C=O) groups is 1. The van der Waals surface area contributed by atoms with E-state index in [-0.39, 0.29) is 5.91 Å². The number of nitrogens with one attached hydrogen (secondary N) is 2. The summed E-state index contributed by atoms with van der Waals surface area (Å²) in [6.45, 7) is 4.27. The average Bonchev–Trinajstić information content (AvgIpc) is 2.53. The lowest BCUT2D eigenvalue weighted by molar-refractivity contribution is 0.102. The second kappa shape index (κ2) is 7.26. The SMILES string of the molecule is C=CCNc1cncc(C(=O)Nc2ccc(N(C)C)cc2)c1. The van der Waals surface area contributed by atoms with Gasteiger partial charge in [-0.15, -0.1) is 6.58 Å². The maximum atomic E-state index is 12.2. The van der Waals surface area contributed by atoms with Crippen LogP contribution >= 0.6 is 0 Å². The zero-order valence-electron chi connectivity index (χ0n) is 12.8. The lowest BCUT2D eigenvalue weighted by Gasteiger charge is -2.13. The predicted octanol–water partition coefficient (Wildman–Crippen LogP) is 3.00. The molecule has 0 aliphatic heterocycles. The van der Waals surface area contributed by atoms with E-state index in [1.165, 1.54) is 0 Å². The minimum absolute atomic E-state index is 0.188. The third-order valence-electron chi connectivity index (χ3n) is 3.09. The van der Waals surface area contributed by atoms with E-state index in [1.54, 1.807) is 24.5 Å². The number of anilines is 3. The molecule has 0 saturated heterocycles. The fraction of sp³-hybridized carbons (Fsp3) is 0.176. The number of aromatic nitrogens is 1. The molecule has 0 aliphatic rings. The van der Waals surface area contributed by atoms with Crippen LogP contribution in [0.4, 0.5) is 17.1 Å². The van der Waals surface area contributed by atoms with Crippen molar-refractivity contribution < 1.29 is 4.79 Å². The molecule has 5 nitrogen and oxygen atoms in total. The van der Waals surface area contributed by atoms with Crippen LogP contribution in [0.3, 0.4) is 0 Å². The quantitative estimate of drug-likeness (QED) is 0.805. The molecule has 2 aromatic rings. The van der Waals surface area contributed by atoms with E-state index in [4.69, 9.17) is 0 Å². The van der Waals surface area contributed by atoms with Crippen LogP contribution in [-0.4, -0.2) is 31.5 Å². The number of hydrogen-bond acceptors (Lipinski definition) is 4. The van der Waals surface area contributed by atoms with E-state index in [9.17, 15) is 4.79 Å². The fourth-order valence-corrected chi connectivity index (χ4v) is 1.90. The lowest BCUT2D eigenvalue weighted by Crippen LogP contribution is -2.13. The zero-order chi connectivity index (χ0) is 15.9. The second-order valence-corrected chi connectivity index (χ2v) is 5.03. The number of benzene rings is 1. The minimum atomic E-state index is -0.188. The summed E-state index contributed by atoms with van der Waals surface area (Å²) in [6, 6.07) is 9.42. The highest BCUT2D eigenvalue weighted by Crippen LogP contribution is 2.17. The van der Waals surface area contributed by atoms with Gasteiger partial charge in [0.15, 0.2) is 0 Å². The van der Waals surface area contributed by atoms with Crippen molar-refractivity contribution >= 4 is 23.0 Å². The zero-order valence-corrected chi connectivity index (χ0v) is 12.8. The summed E-state index contributed by atoms with van der Waals surface area (Å²) in [6.07, 6.45) is 4.97. The largest absolute Gasteiger partial charge is 0.380 e. The van der Waals surface area contributed by atoms with Gasteiger partial charge in [0.1, 0.15) is 0 Å². The number of hydrogen-bond donors (Lipinski definition) is 2. The standard InChI is InChI=1S/C17H20N4O/c1-4-9-19-15-10-13(11-18-12-15)17(22)20-14-5-7-16(8-6-14)21(2)3/h4-8,10-12,19H,1,9H2,2-3H3,(H,20,22). The highest BCUT2D eigenvalue weighted by Gasteiger charge is 2.07. The molecule has 0 radical (unpaired) electrons. The maximum absolute atomic E-state index is 12.2. The van der Waals surface area contributed by atoms with Crippen molar-refractivity contribution in [3.05, 3.63) is 60.9 Å². The van der Waals surface area contributed by atoms with Gasteiger partial charge in [-0.05, 0) is 30.3 Å². The van der Waals surface area contributed by atoms with Gasteiger partial charge in [-0.2, -0.15) is 0 Å². The molecule has 22 heavy (non-hydrogen) atoms. The van der Waals surface area contributed by atoms with Crippen molar-refractivity contribution in [2.24, 2.45) is 0 Å². The number of nitrogens with zero attached hydrogens (tertiary/aromatic N) is 2. The molecule has 2 N–H and O–H groups in total. The number of pyridine rings is 1. The topological polar surface area (TPSA) is 57.3 Å². The normalized spacial score (nSPS) is 9.91. The van der Waals surface area contributed by atoms with Gasteiger partial charge in [0.2, 0.25) is 0 Å². The summed E-state index contributed by atoms with van der Waals surface area (Å²) < 4.78 is 0. The summed E-state index contributed by atoms with van der Waals surface area (Å²) in [5.74, 6) is -0.188. The van der Waals surface area contributed by atoms with Crippen LogP contribution in [-0.2, 0) is 0 Å². The first-order valence-electron chi connectivity index (χ1n) is 6.98. The molecule has 0 fully saturated rings. The van der Waals surface area contributed by atoms with Gasteiger partial charge in [-0.1, -0.05) is 6.08 Å². The lowest BCUT2D eigenvalue weighted by atomic mass is 10.2. The predicted molar refractivity (Wildman–Crippen MR) is 91.6 cm³/mol. The van der Waals surface area contributed by atoms with Gasteiger partial charge in [0.25, 0.3) is 5.91 Å². The first kappa shape index (κ1) is 15.6. The Kier molecular flexibility index (Phi) is 5.14. The first-order chi connectivity index (χ1) is 10.6. The van der Waals surface area contributed by atoms with E-state index in [1.807, 2.05) is 43.3 Å². The van der Waals surface area contributed by atoms with Crippen molar-refractivity contribution in [3.63, 3.8) is 0 Å². The molecule has 0 bridgehead atoms. The maximum Gasteiger partial charge on any atom is 0.257 e. The molecule has 114 valence electrons. The van der Waals surface area contributed by atoms with Gasteiger partial charge in [0, 0.05) is 44.4 Å². The highest BCUT2D eigenvalue weighted by molar-refractivity contribution is 6.04. The molecular weight excluding hydrogens is 276 g/mol. The van der Waals surface area contributed by atoms with Gasteiger partial charge >= 0.3 is 0 Å². The summed E-state index contributed by atoms with van der Waals surface area (Å²) in [5, 5.41) is 5.97. The Balaban J connectivity index is 2.06. The van der Waals surface area contributed by atoms with Crippen LogP contribution in [0.15, 0.2) is 55.4 Å². The molecule has 2 rings (SSSR count). The van der Waals surface area contributed by atoms with E-state index < -0.39 is 0 Å². The van der Waals surface area contributed by atoms with E-state index in [0.29, 0.717) is 12.1 Å². The molecule has 1 aromatic heterocycles. The van der Waals surface area contributed by atoms with Gasteiger partial charge in [-0.3, -0.25) is 9.78 Å². The van der Waals surface area contributed by atoms with E-state index >= 15 is 0 Å². The van der Waals surface area contributed by atoms with Crippen molar-refractivity contribution in [2.75, 3.05) is 36.2 Å². The summed E-state index contributed by atoms with van der Waals surface area (Å²) in [7, 11) is 3.95. The molecular formula is C17H20N4O. The third-order valence-corrected chi connectivity index (χ3v) is 3.09. The van der Waals surface area contributed by atoms with Crippen molar-refractivity contribution in [3.8, 4) is 0 Å². The van der Waals surface area contributed by atoms with Crippen molar-refractivity contribution in [2.45, 2.75) is 0 Å². The van der Waals surface area contributed by atoms with Crippen molar-refractivity contribution in [1.29, 1.82) is 0 Å². The molecule has 0 unspecified atom stereocenters. The first-order valence-corrected chi connectivity index (χ1v) is 6.98. The van der Waals surface area contributed by atoms with Crippen molar-refractivity contribution in [1.82, 2.24) is 4.98 Å². The Morgan fingerprint density at radius 1 is 1.23 bits per heavy atom. The van der Waals surface area contributed by atoms with Gasteiger partial charge in [0.05, 0.1) is 11.3 Å². The third kappa shape index (κ3) is 4.09. The van der Waals surface area contributed by atoms with Gasteiger partial charge in [-0.25, -0.2) is 0 Å². The Morgan fingerprint density at radius 3 is 2.59 bits per heavy atom. The highest BCUT2D eigenvalue weighted by atomic mass is 16.1. The van der Waals surface area contributed by atoms with Crippen LogP contribution in [0.1, 0.15) is 10.4 Å². The van der Waals surface area contributed by atoms with Crippen LogP contribution in [0.25, 0.3) is 0 Å². The van der Waals surface area contributed by atoms with Crippen LogP contribution in [0, 0.1) is 0 Å². The van der Waals surface area contributed by atoms with Gasteiger partial charge < -0.3 is 15.5 Å². The summed E-state index contributed by atoms with van der Waals surface area (Å²) in [4.78, 5) is 18.3. The molecule has 1 heterocycles. The molecule has 0 aliphatic carbocycles. The molecule has 0 spiro atoms. The monoisotopic (exact) mass is 296 g/mol. The fourth-order valence-electron chi connectivity index (χ4n) is 1.90. The molecule has 1 amide bonds. The Morgan fingerprint density at radius 2 is 1.95 bits per heavy atom. The van der Waals surface area contributed by atoms with Crippen LogP contribution in [0.2, 0.25) is 0 Å². The van der Waals surface area contributed by atoms with Crippen LogP contribution in [0.5, 0.6) is 0 Å². The Hall–Kier alpha value is -2.82. The molecule has 1 aromatic carbocycles. The number of amides is 1. The Bertz CT molecular complexity index is 650. The molecule has 5 heteroatoms.